The molecule has 1 N–H and O–H groups in total. The molecule has 30 heavy (non-hydrogen) atoms. The number of hydrogen-bond donors (Lipinski definition) is 1. The van der Waals surface area contributed by atoms with Gasteiger partial charge in [0, 0.05) is 19.7 Å². The zero-order chi connectivity index (χ0) is 20.9. The van der Waals surface area contributed by atoms with E-state index < -0.39 is 0 Å². The summed E-state index contributed by atoms with van der Waals surface area (Å²) in [6.45, 7) is 2.53. The van der Waals surface area contributed by atoms with E-state index in [-0.39, 0.29) is 18.1 Å². The normalized spacial score (nSPS) is 21.1. The molecule has 1 fully saturated rings. The van der Waals surface area contributed by atoms with Gasteiger partial charge in [-0.2, -0.15) is 0 Å². The topological polar surface area (TPSA) is 60.0 Å². The molecule has 6 nitrogen and oxygen atoms in total. The van der Waals surface area contributed by atoms with Gasteiger partial charge in [-0.25, -0.2) is 0 Å². The van der Waals surface area contributed by atoms with Crippen LogP contribution in [-0.4, -0.2) is 57.4 Å². The van der Waals surface area contributed by atoms with E-state index >= 15 is 0 Å². The lowest BCUT2D eigenvalue weighted by atomic mass is 9.87. The lowest BCUT2D eigenvalue weighted by molar-refractivity contribution is -0.123. The minimum atomic E-state index is -0.0109. The minimum Gasteiger partial charge on any atom is -0.493 e. The molecule has 0 radical (unpaired) electrons. The van der Waals surface area contributed by atoms with E-state index in [1.807, 2.05) is 18.2 Å². The molecule has 160 valence electrons. The number of rotatable bonds is 7. The van der Waals surface area contributed by atoms with Gasteiger partial charge in [0.05, 0.1) is 32.9 Å². The van der Waals surface area contributed by atoms with Crippen LogP contribution in [0, 0.1) is 0 Å². The Labute approximate surface area is 178 Å². The number of nitrogens with zero attached hydrogens (tertiary/aromatic N) is 1. The van der Waals surface area contributed by atoms with Crippen molar-refractivity contribution in [1.29, 1.82) is 0 Å². The van der Waals surface area contributed by atoms with Crippen LogP contribution in [0.1, 0.15) is 35.6 Å². The SMILES string of the molecule is COc1cc2c(cc1OC)[C@@H](c1ccccc1)N(CC(=O)NC[C@@H]1CCCO1)CC2. The summed E-state index contributed by atoms with van der Waals surface area (Å²) in [5.41, 5.74) is 3.56. The van der Waals surface area contributed by atoms with Crippen molar-refractivity contribution in [2.24, 2.45) is 0 Å². The number of benzene rings is 2. The van der Waals surface area contributed by atoms with Gasteiger partial charge < -0.3 is 19.5 Å². The lowest BCUT2D eigenvalue weighted by Gasteiger charge is -2.37. The molecule has 0 spiro atoms. The first-order valence-electron chi connectivity index (χ1n) is 10.6. The van der Waals surface area contributed by atoms with E-state index in [1.54, 1.807) is 14.2 Å². The molecule has 4 rings (SSSR count). The highest BCUT2D eigenvalue weighted by Crippen LogP contribution is 2.40. The molecule has 2 aliphatic rings. The Bertz CT molecular complexity index is 865. The Morgan fingerprint density at radius 1 is 1.17 bits per heavy atom. The Balaban J connectivity index is 1.58. The van der Waals surface area contributed by atoms with E-state index in [1.165, 1.54) is 5.56 Å². The third-order valence-corrected chi connectivity index (χ3v) is 5.99. The van der Waals surface area contributed by atoms with Crippen molar-refractivity contribution in [1.82, 2.24) is 10.2 Å². The number of methoxy groups -OCH3 is 2. The summed E-state index contributed by atoms with van der Waals surface area (Å²) in [5.74, 6) is 1.49. The van der Waals surface area contributed by atoms with E-state index in [0.717, 1.165) is 49.3 Å². The summed E-state index contributed by atoms with van der Waals surface area (Å²) in [6.07, 6.45) is 3.10. The molecule has 0 unspecified atom stereocenters. The van der Waals surface area contributed by atoms with Gasteiger partial charge in [0.15, 0.2) is 11.5 Å². The Kier molecular flexibility index (Phi) is 6.55. The maximum Gasteiger partial charge on any atom is 0.234 e. The van der Waals surface area contributed by atoms with Crippen LogP contribution in [0.5, 0.6) is 11.5 Å². The Hall–Kier alpha value is -2.57. The predicted octanol–water partition coefficient (Wildman–Crippen LogP) is 2.95. The smallest absolute Gasteiger partial charge is 0.234 e. The van der Waals surface area contributed by atoms with Gasteiger partial charge in [0.25, 0.3) is 0 Å². The van der Waals surface area contributed by atoms with Crippen LogP contribution in [0.15, 0.2) is 42.5 Å². The Morgan fingerprint density at radius 3 is 2.63 bits per heavy atom. The van der Waals surface area contributed by atoms with Gasteiger partial charge in [0.2, 0.25) is 5.91 Å². The zero-order valence-electron chi connectivity index (χ0n) is 17.7. The molecule has 2 aliphatic heterocycles. The first kappa shape index (κ1) is 20.7. The maximum atomic E-state index is 12.7. The van der Waals surface area contributed by atoms with Crippen molar-refractivity contribution in [3.8, 4) is 11.5 Å². The fourth-order valence-electron chi connectivity index (χ4n) is 4.47. The second-order valence-corrected chi connectivity index (χ2v) is 7.88. The van der Waals surface area contributed by atoms with Crippen LogP contribution >= 0.6 is 0 Å². The van der Waals surface area contributed by atoms with Crippen LogP contribution in [0.4, 0.5) is 0 Å². The number of carbonyl (C=O) groups is 1. The summed E-state index contributed by atoms with van der Waals surface area (Å²) in [5, 5.41) is 3.06. The van der Waals surface area contributed by atoms with Crippen molar-refractivity contribution in [3.63, 3.8) is 0 Å². The van der Waals surface area contributed by atoms with Crippen LogP contribution in [0.25, 0.3) is 0 Å². The van der Waals surface area contributed by atoms with Crippen molar-refractivity contribution in [2.75, 3.05) is 40.5 Å². The molecule has 2 aromatic rings. The fourth-order valence-corrected chi connectivity index (χ4v) is 4.47. The van der Waals surface area contributed by atoms with Gasteiger partial charge >= 0.3 is 0 Å². The van der Waals surface area contributed by atoms with Gasteiger partial charge in [-0.05, 0) is 48.1 Å². The van der Waals surface area contributed by atoms with Crippen LogP contribution in [-0.2, 0) is 16.0 Å². The third-order valence-electron chi connectivity index (χ3n) is 5.99. The first-order chi connectivity index (χ1) is 14.7. The van der Waals surface area contributed by atoms with Crippen molar-refractivity contribution < 1.29 is 19.0 Å². The van der Waals surface area contributed by atoms with Crippen LogP contribution in [0.2, 0.25) is 0 Å². The van der Waals surface area contributed by atoms with Crippen molar-refractivity contribution in [2.45, 2.75) is 31.4 Å². The van der Waals surface area contributed by atoms with Crippen molar-refractivity contribution >= 4 is 5.91 Å². The quantitative estimate of drug-likeness (QED) is 0.761. The van der Waals surface area contributed by atoms with E-state index in [0.29, 0.717) is 18.8 Å². The van der Waals surface area contributed by atoms with E-state index in [2.05, 4.69) is 34.5 Å². The molecule has 0 aromatic heterocycles. The highest BCUT2D eigenvalue weighted by molar-refractivity contribution is 5.78. The average Bonchev–Trinajstić information content (AvgIpc) is 3.31. The fraction of sp³-hybridized carbons (Fsp3) is 0.458. The largest absolute Gasteiger partial charge is 0.493 e. The molecule has 2 aromatic carbocycles. The minimum absolute atomic E-state index is 0.0109. The highest BCUT2D eigenvalue weighted by Gasteiger charge is 2.31. The number of carbonyl (C=O) groups excluding carboxylic acids is 1. The Morgan fingerprint density at radius 2 is 1.93 bits per heavy atom. The number of nitrogens with one attached hydrogen (secondary N) is 1. The maximum absolute atomic E-state index is 12.7. The van der Waals surface area contributed by atoms with E-state index in [4.69, 9.17) is 14.2 Å². The average molecular weight is 411 g/mol. The number of amides is 1. The lowest BCUT2D eigenvalue weighted by Crippen LogP contribution is -2.44. The second-order valence-electron chi connectivity index (χ2n) is 7.88. The molecule has 2 heterocycles. The van der Waals surface area contributed by atoms with Crippen LogP contribution < -0.4 is 14.8 Å². The molecule has 0 bridgehead atoms. The third kappa shape index (κ3) is 4.45. The molecule has 2 atom stereocenters. The molecule has 0 saturated carbocycles. The van der Waals surface area contributed by atoms with Crippen LogP contribution in [0.3, 0.4) is 0 Å². The van der Waals surface area contributed by atoms with Gasteiger partial charge in [-0.3, -0.25) is 9.69 Å². The number of hydrogen-bond acceptors (Lipinski definition) is 5. The number of ether oxygens (including phenoxy) is 3. The summed E-state index contributed by atoms with van der Waals surface area (Å²) < 4.78 is 16.7. The summed E-state index contributed by atoms with van der Waals surface area (Å²) in [7, 11) is 3.31. The molecular formula is C24H30N2O4. The summed E-state index contributed by atoms with van der Waals surface area (Å²) in [6, 6.07) is 14.5. The molecule has 1 saturated heterocycles. The molecule has 6 heteroatoms. The highest BCUT2D eigenvalue weighted by atomic mass is 16.5. The first-order valence-corrected chi connectivity index (χ1v) is 10.6. The standard InChI is InChI=1S/C24H30N2O4/c1-28-21-13-18-10-11-26(16-23(27)25-15-19-9-6-12-30-19)24(17-7-4-3-5-8-17)20(18)14-22(21)29-2/h3-5,7-8,13-14,19,24H,6,9-12,15-16H2,1-2H3,(H,25,27)/t19-,24+/m0/s1. The molecule has 1 amide bonds. The van der Waals surface area contributed by atoms with Crippen molar-refractivity contribution in [3.05, 3.63) is 59.2 Å². The summed E-state index contributed by atoms with van der Waals surface area (Å²) in [4.78, 5) is 15.0. The van der Waals surface area contributed by atoms with Gasteiger partial charge in [0.1, 0.15) is 0 Å². The molecular weight excluding hydrogens is 380 g/mol. The zero-order valence-corrected chi connectivity index (χ0v) is 17.7. The van der Waals surface area contributed by atoms with E-state index in [9.17, 15) is 4.79 Å². The second kappa shape index (κ2) is 9.49. The van der Waals surface area contributed by atoms with Gasteiger partial charge in [-0.1, -0.05) is 30.3 Å². The predicted molar refractivity (Wildman–Crippen MR) is 115 cm³/mol. The monoisotopic (exact) mass is 410 g/mol. The van der Waals surface area contributed by atoms with Gasteiger partial charge in [-0.15, -0.1) is 0 Å². The molecule has 0 aliphatic carbocycles. The summed E-state index contributed by atoms with van der Waals surface area (Å²) >= 11 is 0. The number of fused-ring (bicyclic) bond motifs is 1.